The fraction of sp³-hybridized carbons (Fsp3) is 0.0769. The van der Waals surface area contributed by atoms with E-state index in [4.69, 9.17) is 4.74 Å². The Bertz CT molecular complexity index is 1070. The van der Waals surface area contributed by atoms with Crippen LogP contribution in [0.2, 0.25) is 0 Å². The molecule has 4 nitrogen and oxygen atoms in total. The van der Waals surface area contributed by atoms with E-state index in [1.807, 2.05) is 18.2 Å². The number of thiazole rings is 1. The third-order valence-corrected chi connectivity index (χ3v) is 7.42. The van der Waals surface area contributed by atoms with Gasteiger partial charge < -0.3 is 4.74 Å². The Morgan fingerprint density at radius 3 is 1.91 bits per heavy atom. The lowest BCUT2D eigenvalue weighted by molar-refractivity contribution is 0.174. The van der Waals surface area contributed by atoms with Gasteiger partial charge in [-0.25, -0.2) is 9.78 Å². The second kappa shape index (κ2) is 10.3. The summed E-state index contributed by atoms with van der Waals surface area (Å²) in [4.78, 5) is 16.6. The molecule has 0 saturated heterocycles. The standard InChI is InChI=1S/C26H22N2O2S2/c1-2-18-30-25(29)28-23-24(31-19-27-23)32-26(20-12-6-3-7-13-20,21-14-8-4-9-15-21)22-16-10-5-11-17-22/h2-17,19H,1,18H2,(H,28,29). The molecule has 1 amide bonds. The molecule has 0 spiro atoms. The molecule has 0 unspecified atom stereocenters. The normalized spacial score (nSPS) is 11.0. The summed E-state index contributed by atoms with van der Waals surface area (Å²) in [6, 6.07) is 31.2. The molecule has 0 aliphatic carbocycles. The number of carbonyl (C=O) groups is 1. The van der Waals surface area contributed by atoms with Gasteiger partial charge in [-0.05, 0) is 16.7 Å². The summed E-state index contributed by atoms with van der Waals surface area (Å²) in [6.07, 6.45) is 0.976. The Labute approximate surface area is 196 Å². The fourth-order valence-electron chi connectivity index (χ4n) is 3.49. The van der Waals surface area contributed by atoms with Gasteiger partial charge in [0.15, 0.2) is 5.82 Å². The first-order valence-corrected chi connectivity index (χ1v) is 11.8. The van der Waals surface area contributed by atoms with E-state index in [-0.39, 0.29) is 6.61 Å². The topological polar surface area (TPSA) is 51.2 Å². The number of nitrogens with one attached hydrogen (secondary N) is 1. The predicted octanol–water partition coefficient (Wildman–Crippen LogP) is 6.96. The average Bonchev–Trinajstić information content (AvgIpc) is 3.29. The number of anilines is 1. The maximum atomic E-state index is 12.2. The Hall–Kier alpha value is -3.35. The summed E-state index contributed by atoms with van der Waals surface area (Å²) in [5.41, 5.74) is 5.14. The second-order valence-electron chi connectivity index (χ2n) is 6.88. The fourth-order valence-corrected chi connectivity index (χ4v) is 5.90. The van der Waals surface area contributed by atoms with Gasteiger partial charge in [0.25, 0.3) is 0 Å². The molecule has 32 heavy (non-hydrogen) atoms. The van der Waals surface area contributed by atoms with Crippen LogP contribution < -0.4 is 5.32 Å². The van der Waals surface area contributed by atoms with Crippen LogP contribution in [0.3, 0.4) is 0 Å². The van der Waals surface area contributed by atoms with E-state index < -0.39 is 10.8 Å². The minimum atomic E-state index is -0.553. The van der Waals surface area contributed by atoms with E-state index >= 15 is 0 Å². The summed E-state index contributed by atoms with van der Waals surface area (Å²) < 4.78 is 5.43. The molecule has 1 N–H and O–H groups in total. The van der Waals surface area contributed by atoms with E-state index in [0.29, 0.717) is 5.82 Å². The zero-order chi connectivity index (χ0) is 22.2. The van der Waals surface area contributed by atoms with Crippen molar-refractivity contribution in [3.8, 4) is 0 Å². The third kappa shape index (κ3) is 4.61. The van der Waals surface area contributed by atoms with Crippen molar-refractivity contribution in [2.75, 3.05) is 11.9 Å². The Kier molecular flexibility index (Phi) is 7.04. The SMILES string of the molecule is C=CCOC(=O)Nc1ncsc1SC(c1ccccc1)(c1ccccc1)c1ccccc1. The van der Waals surface area contributed by atoms with Crippen LogP contribution in [0, 0.1) is 0 Å². The number of thioether (sulfide) groups is 1. The highest BCUT2D eigenvalue weighted by molar-refractivity contribution is 8.02. The van der Waals surface area contributed by atoms with E-state index in [0.717, 1.165) is 20.9 Å². The number of rotatable bonds is 8. The largest absolute Gasteiger partial charge is 0.445 e. The lowest BCUT2D eigenvalue weighted by Crippen LogP contribution is -2.25. The van der Waals surface area contributed by atoms with Crippen LogP contribution in [0.5, 0.6) is 0 Å². The molecule has 0 aliphatic heterocycles. The number of nitrogens with zero attached hydrogens (tertiary/aromatic N) is 1. The molecule has 3 aromatic carbocycles. The van der Waals surface area contributed by atoms with Gasteiger partial charge in [0, 0.05) is 0 Å². The average molecular weight is 459 g/mol. The van der Waals surface area contributed by atoms with Gasteiger partial charge in [-0.2, -0.15) is 0 Å². The molecular weight excluding hydrogens is 436 g/mol. The van der Waals surface area contributed by atoms with Crippen LogP contribution in [0.4, 0.5) is 10.6 Å². The van der Waals surface area contributed by atoms with Gasteiger partial charge in [0.1, 0.15) is 10.8 Å². The number of aromatic nitrogens is 1. The highest BCUT2D eigenvalue weighted by Gasteiger charge is 2.39. The minimum Gasteiger partial charge on any atom is -0.445 e. The van der Waals surface area contributed by atoms with Gasteiger partial charge in [-0.3, -0.25) is 5.32 Å². The highest BCUT2D eigenvalue weighted by atomic mass is 32.2. The van der Waals surface area contributed by atoms with Crippen LogP contribution in [-0.2, 0) is 9.48 Å². The molecule has 0 aliphatic rings. The molecule has 0 atom stereocenters. The zero-order valence-corrected chi connectivity index (χ0v) is 18.9. The van der Waals surface area contributed by atoms with Gasteiger partial charge in [0.2, 0.25) is 0 Å². The summed E-state index contributed by atoms with van der Waals surface area (Å²) in [5, 5.41) is 2.77. The molecule has 1 aromatic heterocycles. The number of hydrogen-bond donors (Lipinski definition) is 1. The number of ether oxygens (including phenoxy) is 1. The molecule has 160 valence electrons. The van der Waals surface area contributed by atoms with E-state index in [1.165, 1.54) is 17.4 Å². The first-order valence-electron chi connectivity index (χ1n) is 10.1. The first-order chi connectivity index (χ1) is 15.7. The molecule has 1 heterocycles. The maximum Gasteiger partial charge on any atom is 0.413 e. The van der Waals surface area contributed by atoms with Crippen molar-refractivity contribution in [3.05, 3.63) is 126 Å². The van der Waals surface area contributed by atoms with Crippen LogP contribution >= 0.6 is 23.1 Å². The van der Waals surface area contributed by atoms with Crippen molar-refractivity contribution in [3.63, 3.8) is 0 Å². The summed E-state index contributed by atoms with van der Waals surface area (Å²) >= 11 is 3.15. The van der Waals surface area contributed by atoms with Crippen molar-refractivity contribution in [1.29, 1.82) is 0 Å². The van der Waals surface area contributed by atoms with Crippen LogP contribution in [-0.4, -0.2) is 17.7 Å². The van der Waals surface area contributed by atoms with E-state index in [1.54, 1.807) is 17.3 Å². The van der Waals surface area contributed by atoms with Gasteiger partial charge in [0.05, 0.1) is 10.3 Å². The number of benzene rings is 3. The lowest BCUT2D eigenvalue weighted by Gasteiger charge is -2.35. The Morgan fingerprint density at radius 1 is 0.938 bits per heavy atom. The zero-order valence-electron chi connectivity index (χ0n) is 17.3. The smallest absolute Gasteiger partial charge is 0.413 e. The van der Waals surface area contributed by atoms with Crippen molar-refractivity contribution in [1.82, 2.24) is 4.98 Å². The summed E-state index contributed by atoms with van der Waals surface area (Å²) in [7, 11) is 0. The van der Waals surface area contributed by atoms with Crippen LogP contribution in [0.25, 0.3) is 0 Å². The number of carbonyl (C=O) groups excluding carboxylic acids is 1. The molecule has 0 bridgehead atoms. The molecule has 0 radical (unpaired) electrons. The lowest BCUT2D eigenvalue weighted by atomic mass is 9.84. The number of amides is 1. The predicted molar refractivity (Wildman–Crippen MR) is 132 cm³/mol. The van der Waals surface area contributed by atoms with E-state index in [2.05, 4.69) is 89.7 Å². The second-order valence-corrected chi connectivity index (χ2v) is 9.22. The van der Waals surface area contributed by atoms with Gasteiger partial charge in [-0.1, -0.05) is 115 Å². The monoisotopic (exact) mass is 458 g/mol. The molecule has 6 heteroatoms. The van der Waals surface area contributed by atoms with Gasteiger partial charge in [-0.15, -0.1) is 11.3 Å². The van der Waals surface area contributed by atoms with Crippen LogP contribution in [0.15, 0.2) is 113 Å². The quantitative estimate of drug-likeness (QED) is 0.176. The van der Waals surface area contributed by atoms with Crippen LogP contribution in [0.1, 0.15) is 16.7 Å². The molecule has 0 fully saturated rings. The Morgan fingerprint density at radius 2 is 1.44 bits per heavy atom. The molecule has 4 aromatic rings. The highest BCUT2D eigenvalue weighted by Crippen LogP contribution is 2.53. The summed E-state index contributed by atoms with van der Waals surface area (Å²) in [5.74, 6) is 0.487. The maximum absolute atomic E-state index is 12.2. The molecule has 0 saturated carbocycles. The van der Waals surface area contributed by atoms with E-state index in [9.17, 15) is 4.79 Å². The summed E-state index contributed by atoms with van der Waals surface area (Å²) in [6.45, 7) is 3.71. The van der Waals surface area contributed by atoms with Crippen molar-refractivity contribution in [2.24, 2.45) is 0 Å². The van der Waals surface area contributed by atoms with Crippen molar-refractivity contribution in [2.45, 2.75) is 8.96 Å². The van der Waals surface area contributed by atoms with Crippen molar-refractivity contribution < 1.29 is 9.53 Å². The third-order valence-electron chi connectivity index (χ3n) is 4.87. The molecule has 4 rings (SSSR count). The first kappa shape index (κ1) is 21.9. The number of hydrogen-bond acceptors (Lipinski definition) is 5. The minimum absolute atomic E-state index is 0.139. The molecular formula is C26H22N2O2S2. The Balaban J connectivity index is 1.84. The van der Waals surface area contributed by atoms with Gasteiger partial charge >= 0.3 is 6.09 Å². The van der Waals surface area contributed by atoms with Crippen molar-refractivity contribution >= 4 is 35.0 Å².